The summed E-state index contributed by atoms with van der Waals surface area (Å²) in [5, 5.41) is 5.81. The van der Waals surface area contributed by atoms with Crippen molar-refractivity contribution < 1.29 is 9.53 Å². The van der Waals surface area contributed by atoms with E-state index in [0.717, 1.165) is 38.2 Å². The fraction of sp³-hybridized carbons (Fsp3) is 0.533. The minimum absolute atomic E-state index is 0.0907. The molecule has 2 amide bonds. The highest BCUT2D eigenvalue weighted by Crippen LogP contribution is 2.12. The molecule has 1 aliphatic heterocycles. The van der Waals surface area contributed by atoms with Crippen LogP contribution in [-0.4, -0.2) is 25.8 Å². The number of aryl methyl sites for hydroxylation is 1. The van der Waals surface area contributed by atoms with Crippen molar-refractivity contribution in [3.63, 3.8) is 0 Å². The summed E-state index contributed by atoms with van der Waals surface area (Å²) in [7, 11) is 0. The van der Waals surface area contributed by atoms with Crippen LogP contribution >= 0.6 is 0 Å². The molecule has 2 N–H and O–H groups in total. The second-order valence-electron chi connectivity index (χ2n) is 5.10. The van der Waals surface area contributed by atoms with Crippen LogP contribution < -0.4 is 10.6 Å². The third-order valence-corrected chi connectivity index (χ3v) is 3.47. The third-order valence-electron chi connectivity index (χ3n) is 3.47. The zero-order valence-electron chi connectivity index (χ0n) is 11.4. The molecule has 1 saturated heterocycles. The molecule has 1 aromatic carbocycles. The van der Waals surface area contributed by atoms with Crippen molar-refractivity contribution in [3.8, 4) is 0 Å². The van der Waals surface area contributed by atoms with Crippen molar-refractivity contribution in [3.05, 3.63) is 35.4 Å². The lowest BCUT2D eigenvalue weighted by atomic mass is 10.0. The highest BCUT2D eigenvalue weighted by atomic mass is 16.5. The van der Waals surface area contributed by atoms with E-state index in [9.17, 15) is 4.79 Å². The molecule has 1 aromatic rings. The van der Waals surface area contributed by atoms with Crippen LogP contribution in [0, 0.1) is 12.8 Å². The quantitative estimate of drug-likeness (QED) is 0.874. The Morgan fingerprint density at radius 2 is 1.89 bits per heavy atom. The molecule has 0 atom stereocenters. The van der Waals surface area contributed by atoms with Gasteiger partial charge >= 0.3 is 6.03 Å². The molecule has 2 rings (SSSR count). The van der Waals surface area contributed by atoms with Crippen molar-refractivity contribution in [1.29, 1.82) is 0 Å². The van der Waals surface area contributed by atoms with Crippen LogP contribution in [0.15, 0.2) is 24.3 Å². The molecule has 1 heterocycles. The van der Waals surface area contributed by atoms with Crippen LogP contribution in [0.3, 0.4) is 0 Å². The third kappa shape index (κ3) is 4.91. The van der Waals surface area contributed by atoms with Gasteiger partial charge in [0.15, 0.2) is 0 Å². The Bertz CT molecular complexity index is 397. The number of amides is 2. The van der Waals surface area contributed by atoms with Crippen molar-refractivity contribution in [1.82, 2.24) is 10.6 Å². The number of carbonyl (C=O) groups excluding carboxylic acids is 1. The summed E-state index contributed by atoms with van der Waals surface area (Å²) in [4.78, 5) is 11.7. The van der Waals surface area contributed by atoms with Gasteiger partial charge in [0.05, 0.1) is 0 Å². The molecule has 0 saturated carbocycles. The lowest BCUT2D eigenvalue weighted by Crippen LogP contribution is -2.39. The molecule has 0 bridgehead atoms. The summed E-state index contributed by atoms with van der Waals surface area (Å²) in [6.07, 6.45) is 2.08. The van der Waals surface area contributed by atoms with Gasteiger partial charge in [-0.25, -0.2) is 4.79 Å². The monoisotopic (exact) mass is 262 g/mol. The number of hydrogen-bond acceptors (Lipinski definition) is 2. The number of ether oxygens (including phenoxy) is 1. The predicted molar refractivity (Wildman–Crippen MR) is 75.0 cm³/mol. The summed E-state index contributed by atoms with van der Waals surface area (Å²) in [6.45, 7) is 5.00. The SMILES string of the molecule is Cc1ccc(CNC(=O)NCC2CCOCC2)cc1. The van der Waals surface area contributed by atoms with E-state index in [1.165, 1.54) is 5.56 Å². The fourth-order valence-electron chi connectivity index (χ4n) is 2.14. The van der Waals surface area contributed by atoms with Crippen molar-refractivity contribution in [2.75, 3.05) is 19.8 Å². The maximum Gasteiger partial charge on any atom is 0.315 e. The number of rotatable bonds is 4. The van der Waals surface area contributed by atoms with E-state index in [-0.39, 0.29) is 6.03 Å². The topological polar surface area (TPSA) is 50.4 Å². The molecule has 0 radical (unpaired) electrons. The molecule has 1 aliphatic rings. The van der Waals surface area contributed by atoms with E-state index in [4.69, 9.17) is 4.74 Å². The Hall–Kier alpha value is -1.55. The van der Waals surface area contributed by atoms with Crippen LogP contribution in [0.25, 0.3) is 0 Å². The first kappa shape index (κ1) is 13.9. The highest BCUT2D eigenvalue weighted by Gasteiger charge is 2.14. The first-order chi connectivity index (χ1) is 9.24. The molecule has 1 fully saturated rings. The number of hydrogen-bond donors (Lipinski definition) is 2. The van der Waals surface area contributed by atoms with E-state index in [1.807, 2.05) is 12.1 Å². The lowest BCUT2D eigenvalue weighted by Gasteiger charge is -2.22. The molecule has 0 spiro atoms. The molecule has 0 unspecified atom stereocenters. The van der Waals surface area contributed by atoms with Gasteiger partial charge in [-0.05, 0) is 31.2 Å². The zero-order valence-corrected chi connectivity index (χ0v) is 11.4. The Morgan fingerprint density at radius 3 is 2.58 bits per heavy atom. The van der Waals surface area contributed by atoms with E-state index in [2.05, 4.69) is 29.7 Å². The second kappa shape index (κ2) is 7.14. The standard InChI is InChI=1S/C15H22N2O2/c1-12-2-4-13(5-3-12)10-16-15(18)17-11-14-6-8-19-9-7-14/h2-5,14H,6-11H2,1H3,(H2,16,17,18). The number of urea groups is 1. The Labute approximate surface area is 114 Å². The zero-order chi connectivity index (χ0) is 13.5. The van der Waals surface area contributed by atoms with Crippen LogP contribution in [0.2, 0.25) is 0 Å². The van der Waals surface area contributed by atoms with Gasteiger partial charge < -0.3 is 15.4 Å². The number of nitrogens with one attached hydrogen (secondary N) is 2. The van der Waals surface area contributed by atoms with E-state index in [1.54, 1.807) is 0 Å². The minimum Gasteiger partial charge on any atom is -0.381 e. The van der Waals surface area contributed by atoms with E-state index >= 15 is 0 Å². The molecule has 4 nitrogen and oxygen atoms in total. The molecule has 104 valence electrons. The number of benzene rings is 1. The normalized spacial score (nSPS) is 16.1. The summed E-state index contributed by atoms with van der Waals surface area (Å²) >= 11 is 0. The minimum atomic E-state index is -0.0907. The average molecular weight is 262 g/mol. The van der Waals surface area contributed by atoms with Gasteiger partial charge in [0.25, 0.3) is 0 Å². The lowest BCUT2D eigenvalue weighted by molar-refractivity contribution is 0.0669. The van der Waals surface area contributed by atoms with Crippen LogP contribution in [0.5, 0.6) is 0 Å². The van der Waals surface area contributed by atoms with Crippen LogP contribution in [0.1, 0.15) is 24.0 Å². The van der Waals surface area contributed by atoms with Gasteiger partial charge in [-0.1, -0.05) is 29.8 Å². The largest absolute Gasteiger partial charge is 0.381 e. The van der Waals surface area contributed by atoms with Crippen LogP contribution in [0.4, 0.5) is 4.79 Å². The second-order valence-corrected chi connectivity index (χ2v) is 5.10. The van der Waals surface area contributed by atoms with Crippen molar-refractivity contribution in [2.24, 2.45) is 5.92 Å². The first-order valence-electron chi connectivity index (χ1n) is 6.89. The van der Waals surface area contributed by atoms with E-state index in [0.29, 0.717) is 12.5 Å². The van der Waals surface area contributed by atoms with Gasteiger partial charge in [-0.2, -0.15) is 0 Å². The van der Waals surface area contributed by atoms with Gasteiger partial charge in [0.1, 0.15) is 0 Å². The summed E-state index contributed by atoms with van der Waals surface area (Å²) in [5.41, 5.74) is 2.35. The molecule has 0 aromatic heterocycles. The Morgan fingerprint density at radius 1 is 1.21 bits per heavy atom. The number of carbonyl (C=O) groups is 1. The molecule has 0 aliphatic carbocycles. The summed E-state index contributed by atoms with van der Waals surface area (Å²) < 4.78 is 5.29. The Kier molecular flexibility index (Phi) is 5.21. The molecule has 4 heteroatoms. The molecular weight excluding hydrogens is 240 g/mol. The predicted octanol–water partition coefficient (Wildman–Crippen LogP) is 2.22. The average Bonchev–Trinajstić information content (AvgIpc) is 2.45. The highest BCUT2D eigenvalue weighted by molar-refractivity contribution is 5.73. The van der Waals surface area contributed by atoms with Gasteiger partial charge in [-0.15, -0.1) is 0 Å². The van der Waals surface area contributed by atoms with E-state index < -0.39 is 0 Å². The first-order valence-corrected chi connectivity index (χ1v) is 6.89. The van der Waals surface area contributed by atoms with Crippen molar-refractivity contribution in [2.45, 2.75) is 26.3 Å². The smallest absolute Gasteiger partial charge is 0.315 e. The summed E-state index contributed by atoms with van der Waals surface area (Å²) in [5.74, 6) is 0.555. The van der Waals surface area contributed by atoms with Gasteiger partial charge in [-0.3, -0.25) is 0 Å². The van der Waals surface area contributed by atoms with Crippen molar-refractivity contribution >= 4 is 6.03 Å². The maximum absolute atomic E-state index is 11.7. The maximum atomic E-state index is 11.7. The van der Waals surface area contributed by atoms with Crippen LogP contribution in [-0.2, 0) is 11.3 Å². The molecule has 19 heavy (non-hydrogen) atoms. The molecular formula is C15H22N2O2. The fourth-order valence-corrected chi connectivity index (χ4v) is 2.14. The van der Waals surface area contributed by atoms with Gasteiger partial charge in [0.2, 0.25) is 0 Å². The summed E-state index contributed by atoms with van der Waals surface area (Å²) in [6, 6.07) is 8.09. The van der Waals surface area contributed by atoms with Gasteiger partial charge in [0, 0.05) is 26.3 Å². The Balaban J connectivity index is 1.65.